The topological polar surface area (TPSA) is 96.0 Å². The zero-order chi connectivity index (χ0) is 9.90. The highest BCUT2D eigenvalue weighted by atomic mass is 32.2. The molecule has 0 spiro atoms. The fraction of sp³-hybridized carbons (Fsp3) is 0. The lowest BCUT2D eigenvalue weighted by Crippen LogP contribution is -2.18. The van der Waals surface area contributed by atoms with E-state index in [4.69, 9.17) is 11.0 Å². The van der Waals surface area contributed by atoms with Gasteiger partial charge in [0.25, 0.3) is 10.0 Å². The molecule has 0 unspecified atom stereocenters. The minimum Gasteiger partial charge on any atom is -0.399 e. The van der Waals surface area contributed by atoms with Crippen molar-refractivity contribution in [2.45, 2.75) is 4.90 Å². The quantitative estimate of drug-likeness (QED) is 0.397. The lowest BCUT2D eigenvalue weighted by Gasteiger charge is -2.00. The maximum atomic E-state index is 11.2. The van der Waals surface area contributed by atoms with E-state index >= 15 is 0 Å². The second-order valence-electron chi connectivity index (χ2n) is 2.29. The highest BCUT2D eigenvalue weighted by molar-refractivity contribution is 7.89. The van der Waals surface area contributed by atoms with Crippen LogP contribution in [0.25, 0.3) is 0 Å². The number of nitrogens with zero attached hydrogens (tertiary/aromatic N) is 1. The molecule has 1 aromatic rings. The smallest absolute Gasteiger partial charge is 0.270 e. The average molecular weight is 197 g/mol. The van der Waals surface area contributed by atoms with Gasteiger partial charge in [-0.25, -0.2) is 13.1 Å². The second-order valence-corrected chi connectivity index (χ2v) is 3.97. The van der Waals surface area contributed by atoms with E-state index in [1.807, 2.05) is 0 Å². The van der Waals surface area contributed by atoms with Crippen LogP contribution in [0, 0.1) is 11.5 Å². The Kier molecular flexibility index (Phi) is 2.39. The Morgan fingerprint density at radius 3 is 2.69 bits per heavy atom. The summed E-state index contributed by atoms with van der Waals surface area (Å²) < 4.78 is 24.1. The lowest BCUT2D eigenvalue weighted by molar-refractivity contribution is 0.591. The molecule has 68 valence electrons. The van der Waals surface area contributed by atoms with Gasteiger partial charge >= 0.3 is 0 Å². The summed E-state index contributed by atoms with van der Waals surface area (Å²) in [5.41, 5.74) is 5.71. The van der Waals surface area contributed by atoms with Crippen LogP contribution in [-0.2, 0) is 10.0 Å². The van der Waals surface area contributed by atoms with Gasteiger partial charge in [-0.2, -0.15) is 5.26 Å². The van der Waals surface area contributed by atoms with E-state index in [0.29, 0.717) is 5.69 Å². The van der Waals surface area contributed by atoms with E-state index in [1.165, 1.54) is 24.4 Å². The van der Waals surface area contributed by atoms with Crippen LogP contribution in [0.3, 0.4) is 0 Å². The molecule has 0 radical (unpaired) electrons. The molecule has 0 amide bonds. The van der Waals surface area contributed by atoms with Gasteiger partial charge in [0.05, 0.1) is 4.90 Å². The Morgan fingerprint density at radius 2 is 2.15 bits per heavy atom. The predicted octanol–water partition coefficient (Wildman–Crippen LogP) is 0.0282. The predicted molar refractivity (Wildman–Crippen MR) is 46.8 cm³/mol. The number of nitrogen functional groups attached to an aromatic ring is 1. The van der Waals surface area contributed by atoms with E-state index in [0.717, 1.165) is 0 Å². The Bertz CT molecular complexity index is 447. The van der Waals surface area contributed by atoms with Crippen LogP contribution >= 0.6 is 0 Å². The molecule has 0 aliphatic rings. The number of sulfonamides is 1. The summed E-state index contributed by atoms with van der Waals surface area (Å²) in [7, 11) is -3.72. The van der Waals surface area contributed by atoms with E-state index in [2.05, 4.69) is 0 Å². The van der Waals surface area contributed by atoms with Crippen molar-refractivity contribution in [1.29, 1.82) is 5.26 Å². The third-order valence-corrected chi connectivity index (χ3v) is 2.58. The Labute approximate surface area is 75.8 Å². The number of rotatable bonds is 2. The van der Waals surface area contributed by atoms with Gasteiger partial charge in [0.2, 0.25) is 0 Å². The molecule has 0 saturated heterocycles. The highest BCUT2D eigenvalue weighted by Gasteiger charge is 2.12. The van der Waals surface area contributed by atoms with Crippen molar-refractivity contribution in [3.05, 3.63) is 24.3 Å². The summed E-state index contributed by atoms with van der Waals surface area (Å²) in [6, 6.07) is 5.70. The van der Waals surface area contributed by atoms with Gasteiger partial charge in [0.15, 0.2) is 6.19 Å². The molecule has 1 aromatic carbocycles. The van der Waals surface area contributed by atoms with Crippen LogP contribution in [0.1, 0.15) is 0 Å². The van der Waals surface area contributed by atoms with E-state index in [-0.39, 0.29) is 4.90 Å². The normalized spacial score (nSPS) is 10.4. The van der Waals surface area contributed by atoms with E-state index in [1.54, 1.807) is 10.8 Å². The van der Waals surface area contributed by atoms with Gasteiger partial charge < -0.3 is 5.73 Å². The molecule has 0 heterocycles. The van der Waals surface area contributed by atoms with Crippen molar-refractivity contribution in [3.8, 4) is 6.19 Å². The Hall–Kier alpha value is -1.74. The fourth-order valence-electron chi connectivity index (χ4n) is 0.801. The molecule has 0 aliphatic carbocycles. The molecule has 6 heteroatoms. The van der Waals surface area contributed by atoms with E-state index in [9.17, 15) is 8.42 Å². The van der Waals surface area contributed by atoms with Crippen LogP contribution in [0.4, 0.5) is 5.69 Å². The van der Waals surface area contributed by atoms with Crippen LogP contribution in [-0.4, -0.2) is 8.42 Å². The van der Waals surface area contributed by atoms with Gasteiger partial charge in [0.1, 0.15) is 0 Å². The maximum Gasteiger partial charge on any atom is 0.270 e. The zero-order valence-corrected chi connectivity index (χ0v) is 7.38. The third-order valence-electron chi connectivity index (χ3n) is 1.35. The summed E-state index contributed by atoms with van der Waals surface area (Å²) in [6.07, 6.45) is 1.35. The number of benzene rings is 1. The molecule has 0 saturated carbocycles. The molecular formula is C7H7N3O2S. The minimum atomic E-state index is -3.72. The number of hydrogen-bond acceptors (Lipinski definition) is 4. The highest BCUT2D eigenvalue weighted by Crippen LogP contribution is 2.11. The number of hydrogen-bond donors (Lipinski definition) is 2. The molecular weight excluding hydrogens is 190 g/mol. The molecule has 13 heavy (non-hydrogen) atoms. The first-order chi connectivity index (χ1) is 6.06. The molecule has 0 fully saturated rings. The van der Waals surface area contributed by atoms with Crippen LogP contribution in [0.15, 0.2) is 29.2 Å². The molecule has 0 bridgehead atoms. The molecule has 3 N–H and O–H groups in total. The van der Waals surface area contributed by atoms with Crippen molar-refractivity contribution in [2.75, 3.05) is 5.73 Å². The van der Waals surface area contributed by atoms with Crippen molar-refractivity contribution in [2.24, 2.45) is 0 Å². The number of anilines is 1. The van der Waals surface area contributed by atoms with Crippen LogP contribution in [0.5, 0.6) is 0 Å². The fourth-order valence-corrected chi connectivity index (χ4v) is 1.59. The molecule has 1 rings (SSSR count). The second kappa shape index (κ2) is 3.33. The summed E-state index contributed by atoms with van der Waals surface area (Å²) in [5, 5.41) is 8.16. The number of nitriles is 1. The first-order valence-electron chi connectivity index (χ1n) is 3.33. The van der Waals surface area contributed by atoms with Gasteiger partial charge in [-0.15, -0.1) is 0 Å². The third kappa shape index (κ3) is 2.10. The standard InChI is InChI=1S/C7H7N3O2S/c8-5-10-13(11,12)7-3-1-2-6(9)4-7/h1-4,10H,9H2. The van der Waals surface area contributed by atoms with E-state index < -0.39 is 10.0 Å². The molecule has 0 atom stereocenters. The van der Waals surface area contributed by atoms with Gasteiger partial charge in [0, 0.05) is 5.69 Å². The first kappa shape index (κ1) is 9.35. The number of nitrogens with one attached hydrogen (secondary N) is 1. The summed E-state index contributed by atoms with van der Waals surface area (Å²) in [6.45, 7) is 0. The lowest BCUT2D eigenvalue weighted by atomic mass is 10.3. The molecule has 5 nitrogen and oxygen atoms in total. The van der Waals surface area contributed by atoms with Crippen molar-refractivity contribution in [3.63, 3.8) is 0 Å². The van der Waals surface area contributed by atoms with Crippen molar-refractivity contribution >= 4 is 15.7 Å². The van der Waals surface area contributed by atoms with Gasteiger partial charge in [-0.1, -0.05) is 6.07 Å². The monoisotopic (exact) mass is 197 g/mol. The van der Waals surface area contributed by atoms with Crippen LogP contribution < -0.4 is 10.5 Å². The van der Waals surface area contributed by atoms with Gasteiger partial charge in [-0.3, -0.25) is 0 Å². The summed E-state index contributed by atoms with van der Waals surface area (Å²) in [4.78, 5) is -0.0194. The largest absolute Gasteiger partial charge is 0.399 e. The SMILES string of the molecule is N#CNS(=O)(=O)c1cccc(N)c1. The average Bonchev–Trinajstić information content (AvgIpc) is 2.04. The number of nitrogens with two attached hydrogens (primary N) is 1. The Morgan fingerprint density at radius 1 is 1.46 bits per heavy atom. The molecule has 0 aliphatic heterocycles. The maximum absolute atomic E-state index is 11.2. The van der Waals surface area contributed by atoms with Crippen LogP contribution in [0.2, 0.25) is 0 Å². The summed E-state index contributed by atoms with van der Waals surface area (Å²) >= 11 is 0. The minimum absolute atomic E-state index is 0.0194. The summed E-state index contributed by atoms with van der Waals surface area (Å²) in [5.74, 6) is 0. The van der Waals surface area contributed by atoms with Gasteiger partial charge in [-0.05, 0) is 18.2 Å². The van der Waals surface area contributed by atoms with Crippen molar-refractivity contribution < 1.29 is 8.42 Å². The first-order valence-corrected chi connectivity index (χ1v) is 4.81. The van der Waals surface area contributed by atoms with Crippen molar-refractivity contribution in [1.82, 2.24) is 4.72 Å². The molecule has 0 aromatic heterocycles. The Balaban J connectivity index is 3.17. The zero-order valence-electron chi connectivity index (χ0n) is 6.56.